The first-order valence-electron chi connectivity index (χ1n) is 7.35. The van der Waals surface area contributed by atoms with Crippen LogP contribution in [-0.4, -0.2) is 0 Å². The minimum atomic E-state index is 1.10. The summed E-state index contributed by atoms with van der Waals surface area (Å²) in [6, 6.07) is 13.7. The molecule has 0 nitrogen and oxygen atoms in total. The first-order chi connectivity index (χ1) is 9.15. The molecule has 2 rings (SSSR count). The second kappa shape index (κ2) is 6.06. The Hall–Kier alpha value is -1.56. The zero-order valence-electron chi connectivity index (χ0n) is 12.6. The molecule has 0 atom stereocenters. The van der Waals surface area contributed by atoms with Crippen molar-refractivity contribution in [1.82, 2.24) is 0 Å². The van der Waals surface area contributed by atoms with E-state index in [1.807, 2.05) is 0 Å². The molecule has 100 valence electrons. The zero-order valence-corrected chi connectivity index (χ0v) is 12.6. The van der Waals surface area contributed by atoms with Gasteiger partial charge in [0.1, 0.15) is 0 Å². The molecule has 0 fully saturated rings. The van der Waals surface area contributed by atoms with Crippen LogP contribution in [0.1, 0.15) is 42.5 Å². The zero-order chi connectivity index (χ0) is 13.8. The Balaban J connectivity index is 2.61. The van der Waals surface area contributed by atoms with Gasteiger partial charge in [0.2, 0.25) is 0 Å². The third-order valence-corrected chi connectivity index (χ3v) is 3.69. The van der Waals surface area contributed by atoms with E-state index in [9.17, 15) is 0 Å². The van der Waals surface area contributed by atoms with Crippen LogP contribution >= 0.6 is 0 Å². The molecule has 19 heavy (non-hydrogen) atoms. The summed E-state index contributed by atoms with van der Waals surface area (Å²) in [5.74, 6) is 0. The molecule has 0 saturated carbocycles. The van der Waals surface area contributed by atoms with E-state index in [0.29, 0.717) is 0 Å². The topological polar surface area (TPSA) is 0 Å². The van der Waals surface area contributed by atoms with Crippen molar-refractivity contribution < 1.29 is 0 Å². The Kier molecular flexibility index (Phi) is 4.42. The molecule has 0 N–H and O–H groups in total. The smallest absolute Gasteiger partial charge is 0.0120 e. The van der Waals surface area contributed by atoms with Crippen molar-refractivity contribution in [3.8, 4) is 11.1 Å². The summed E-state index contributed by atoms with van der Waals surface area (Å²) in [7, 11) is 0. The highest BCUT2D eigenvalue weighted by molar-refractivity contribution is 5.72. The Morgan fingerprint density at radius 2 is 1.42 bits per heavy atom. The summed E-state index contributed by atoms with van der Waals surface area (Å²) in [6.07, 6.45) is 3.46. The highest BCUT2D eigenvalue weighted by atomic mass is 14.1. The van der Waals surface area contributed by atoms with E-state index in [-0.39, 0.29) is 0 Å². The number of rotatable bonds is 4. The molecule has 2 aromatic carbocycles. The maximum absolute atomic E-state index is 2.36. The van der Waals surface area contributed by atoms with E-state index in [4.69, 9.17) is 0 Å². The van der Waals surface area contributed by atoms with Crippen LogP contribution in [0.3, 0.4) is 0 Å². The van der Waals surface area contributed by atoms with Crippen molar-refractivity contribution >= 4 is 0 Å². The summed E-state index contributed by atoms with van der Waals surface area (Å²) >= 11 is 0. The molecule has 0 heteroatoms. The van der Waals surface area contributed by atoms with Crippen LogP contribution in [0.15, 0.2) is 36.4 Å². The van der Waals surface area contributed by atoms with Crippen molar-refractivity contribution in [2.75, 3.05) is 0 Å². The van der Waals surface area contributed by atoms with Crippen LogP contribution in [-0.2, 0) is 12.8 Å². The van der Waals surface area contributed by atoms with Gasteiger partial charge in [-0.25, -0.2) is 0 Å². The first-order valence-corrected chi connectivity index (χ1v) is 7.35. The Morgan fingerprint density at radius 1 is 0.789 bits per heavy atom. The molecule has 0 radical (unpaired) electrons. The number of hydrogen-bond donors (Lipinski definition) is 0. The molecule has 0 aromatic heterocycles. The van der Waals surface area contributed by atoms with E-state index < -0.39 is 0 Å². The fourth-order valence-electron chi connectivity index (χ4n) is 2.78. The number of hydrogen-bond acceptors (Lipinski definition) is 0. The van der Waals surface area contributed by atoms with Crippen LogP contribution in [0.5, 0.6) is 0 Å². The first kappa shape index (κ1) is 13.9. The molecule has 0 spiro atoms. The molecular formula is C19H24. The van der Waals surface area contributed by atoms with Gasteiger partial charge in [-0.3, -0.25) is 0 Å². The average Bonchev–Trinajstić information content (AvgIpc) is 2.40. The summed E-state index contributed by atoms with van der Waals surface area (Å²) in [6.45, 7) is 8.86. The largest absolute Gasteiger partial charge is 0.0651 e. The number of aryl methyl sites for hydroxylation is 4. The maximum Gasteiger partial charge on any atom is -0.0120 e. The van der Waals surface area contributed by atoms with Crippen molar-refractivity contribution in [3.63, 3.8) is 0 Å². The van der Waals surface area contributed by atoms with E-state index in [1.165, 1.54) is 39.8 Å². The lowest BCUT2D eigenvalue weighted by atomic mass is 9.89. The van der Waals surface area contributed by atoms with Crippen LogP contribution in [0.2, 0.25) is 0 Å². The molecule has 0 amide bonds. The molecule has 0 aliphatic heterocycles. The molecule has 0 aliphatic carbocycles. The average molecular weight is 252 g/mol. The molecular weight excluding hydrogens is 228 g/mol. The van der Waals surface area contributed by atoms with Crippen molar-refractivity contribution in [2.45, 2.75) is 47.0 Å². The third-order valence-electron chi connectivity index (χ3n) is 3.69. The van der Waals surface area contributed by atoms with Gasteiger partial charge < -0.3 is 0 Å². The molecule has 0 bridgehead atoms. The Bertz CT molecular complexity index is 547. The number of benzene rings is 2. The molecule has 0 saturated heterocycles. The van der Waals surface area contributed by atoms with E-state index >= 15 is 0 Å². The van der Waals surface area contributed by atoms with Gasteiger partial charge in [0, 0.05) is 0 Å². The fraction of sp³-hybridized carbons (Fsp3) is 0.368. The standard InChI is InChI=1S/C19H24/c1-5-7-18-13-15(4)12-16(6-2)19(18)17-10-8-14(3)9-11-17/h8-13H,5-7H2,1-4H3. The lowest BCUT2D eigenvalue weighted by Crippen LogP contribution is -1.97. The molecule has 0 heterocycles. The maximum atomic E-state index is 2.36. The fourth-order valence-corrected chi connectivity index (χ4v) is 2.78. The molecule has 2 aromatic rings. The van der Waals surface area contributed by atoms with Gasteiger partial charge in [-0.05, 0) is 48.9 Å². The summed E-state index contributed by atoms with van der Waals surface area (Å²) in [5.41, 5.74) is 8.53. The van der Waals surface area contributed by atoms with Crippen LogP contribution in [0.4, 0.5) is 0 Å². The molecule has 0 aliphatic rings. The second-order valence-electron chi connectivity index (χ2n) is 5.43. The quantitative estimate of drug-likeness (QED) is 0.675. The van der Waals surface area contributed by atoms with Crippen LogP contribution in [0.25, 0.3) is 11.1 Å². The van der Waals surface area contributed by atoms with Crippen molar-refractivity contribution in [1.29, 1.82) is 0 Å². The van der Waals surface area contributed by atoms with Gasteiger partial charge >= 0.3 is 0 Å². The highest BCUT2D eigenvalue weighted by Gasteiger charge is 2.10. The second-order valence-corrected chi connectivity index (χ2v) is 5.43. The van der Waals surface area contributed by atoms with Gasteiger partial charge in [-0.15, -0.1) is 0 Å². The van der Waals surface area contributed by atoms with Gasteiger partial charge in [-0.1, -0.05) is 67.8 Å². The molecule has 0 unspecified atom stereocenters. The van der Waals surface area contributed by atoms with Crippen molar-refractivity contribution in [3.05, 3.63) is 58.7 Å². The third kappa shape index (κ3) is 3.07. The SMILES string of the molecule is CCCc1cc(C)cc(CC)c1-c1ccc(C)cc1. The minimum absolute atomic E-state index is 1.10. The summed E-state index contributed by atoms with van der Waals surface area (Å²) < 4.78 is 0. The van der Waals surface area contributed by atoms with Gasteiger partial charge in [-0.2, -0.15) is 0 Å². The Labute approximate surface area is 117 Å². The van der Waals surface area contributed by atoms with Gasteiger partial charge in [0.15, 0.2) is 0 Å². The monoisotopic (exact) mass is 252 g/mol. The lowest BCUT2D eigenvalue weighted by Gasteiger charge is -2.16. The highest BCUT2D eigenvalue weighted by Crippen LogP contribution is 2.30. The summed E-state index contributed by atoms with van der Waals surface area (Å²) in [5, 5.41) is 0. The predicted octanol–water partition coefficient (Wildman–Crippen LogP) is 5.49. The lowest BCUT2D eigenvalue weighted by molar-refractivity contribution is 0.917. The normalized spacial score (nSPS) is 10.7. The van der Waals surface area contributed by atoms with Gasteiger partial charge in [0.05, 0.1) is 0 Å². The van der Waals surface area contributed by atoms with Crippen LogP contribution in [0, 0.1) is 13.8 Å². The van der Waals surface area contributed by atoms with Crippen molar-refractivity contribution in [2.24, 2.45) is 0 Å². The van der Waals surface area contributed by atoms with E-state index in [0.717, 1.165) is 12.8 Å². The summed E-state index contributed by atoms with van der Waals surface area (Å²) in [4.78, 5) is 0. The van der Waals surface area contributed by atoms with E-state index in [1.54, 1.807) is 0 Å². The van der Waals surface area contributed by atoms with Gasteiger partial charge in [0.25, 0.3) is 0 Å². The van der Waals surface area contributed by atoms with Crippen LogP contribution < -0.4 is 0 Å². The predicted molar refractivity (Wildman–Crippen MR) is 84.7 cm³/mol. The minimum Gasteiger partial charge on any atom is -0.0651 e. The Morgan fingerprint density at radius 3 is 2.00 bits per heavy atom. The van der Waals surface area contributed by atoms with E-state index in [2.05, 4.69) is 64.1 Å².